The molecule has 0 aromatic heterocycles. The van der Waals surface area contributed by atoms with E-state index < -0.39 is 0 Å². The Balaban J connectivity index is 1.69. The van der Waals surface area contributed by atoms with E-state index in [2.05, 4.69) is 5.32 Å². The van der Waals surface area contributed by atoms with Crippen LogP contribution in [0.1, 0.15) is 25.7 Å². The second-order valence-corrected chi connectivity index (χ2v) is 4.68. The molecule has 0 aromatic rings. The zero-order valence-electron chi connectivity index (χ0n) is 8.74. The smallest absolute Gasteiger partial charge is 0.0471 e. The molecule has 2 rings (SSSR count). The molecule has 82 valence electrons. The van der Waals surface area contributed by atoms with E-state index in [0.717, 1.165) is 32.1 Å². The van der Waals surface area contributed by atoms with Gasteiger partial charge in [0.1, 0.15) is 0 Å². The van der Waals surface area contributed by atoms with Crippen LogP contribution in [0.25, 0.3) is 0 Å². The number of rotatable bonds is 3. The van der Waals surface area contributed by atoms with Crippen molar-refractivity contribution >= 4 is 0 Å². The van der Waals surface area contributed by atoms with Gasteiger partial charge in [0.05, 0.1) is 0 Å². The second-order valence-electron chi connectivity index (χ2n) is 4.68. The van der Waals surface area contributed by atoms with E-state index >= 15 is 0 Å². The maximum Gasteiger partial charge on any atom is 0.0471 e. The van der Waals surface area contributed by atoms with Gasteiger partial charge in [-0.3, -0.25) is 0 Å². The first-order valence-corrected chi connectivity index (χ1v) is 5.80. The van der Waals surface area contributed by atoms with Gasteiger partial charge in [0.2, 0.25) is 0 Å². The third-order valence-electron chi connectivity index (χ3n) is 3.53. The number of ether oxygens (including phenoxy) is 1. The first kappa shape index (κ1) is 10.4. The molecule has 0 aromatic carbocycles. The summed E-state index contributed by atoms with van der Waals surface area (Å²) in [5, 5.41) is 12.5. The van der Waals surface area contributed by atoms with Crippen molar-refractivity contribution in [2.24, 2.45) is 11.8 Å². The molecule has 0 amide bonds. The summed E-state index contributed by atoms with van der Waals surface area (Å²) in [4.78, 5) is 0. The van der Waals surface area contributed by atoms with Crippen molar-refractivity contribution in [3.8, 4) is 0 Å². The Morgan fingerprint density at radius 3 is 2.64 bits per heavy atom. The molecule has 0 bridgehead atoms. The van der Waals surface area contributed by atoms with E-state index in [1.807, 2.05) is 0 Å². The maximum atomic E-state index is 9.03. The van der Waals surface area contributed by atoms with E-state index in [4.69, 9.17) is 9.84 Å². The fourth-order valence-corrected chi connectivity index (χ4v) is 2.61. The van der Waals surface area contributed by atoms with Crippen LogP contribution in [0.2, 0.25) is 0 Å². The summed E-state index contributed by atoms with van der Waals surface area (Å²) >= 11 is 0. The summed E-state index contributed by atoms with van der Waals surface area (Å²) in [6.07, 6.45) is 4.89. The van der Waals surface area contributed by atoms with Crippen LogP contribution in [0.4, 0.5) is 0 Å². The lowest BCUT2D eigenvalue weighted by Gasteiger charge is -2.24. The monoisotopic (exact) mass is 199 g/mol. The normalized spacial score (nSPS) is 34.9. The molecule has 2 fully saturated rings. The lowest BCUT2D eigenvalue weighted by atomic mass is 9.91. The van der Waals surface area contributed by atoms with Crippen LogP contribution < -0.4 is 5.32 Å². The van der Waals surface area contributed by atoms with Gasteiger partial charge >= 0.3 is 0 Å². The van der Waals surface area contributed by atoms with Gasteiger partial charge in [-0.1, -0.05) is 0 Å². The molecular weight excluding hydrogens is 178 g/mol. The minimum atomic E-state index is 0.345. The van der Waals surface area contributed by atoms with Crippen molar-refractivity contribution in [2.75, 3.05) is 26.4 Å². The third-order valence-corrected chi connectivity index (χ3v) is 3.53. The Morgan fingerprint density at radius 1 is 1.21 bits per heavy atom. The molecule has 0 saturated carbocycles. The summed E-state index contributed by atoms with van der Waals surface area (Å²) in [5.41, 5.74) is 0. The average molecular weight is 199 g/mol. The average Bonchev–Trinajstić information content (AvgIpc) is 2.67. The topological polar surface area (TPSA) is 41.5 Å². The minimum absolute atomic E-state index is 0.345. The molecule has 2 aliphatic heterocycles. The van der Waals surface area contributed by atoms with E-state index in [9.17, 15) is 0 Å². The molecule has 14 heavy (non-hydrogen) atoms. The highest BCUT2D eigenvalue weighted by Crippen LogP contribution is 2.25. The van der Waals surface area contributed by atoms with Gasteiger partial charge in [-0.2, -0.15) is 0 Å². The zero-order chi connectivity index (χ0) is 9.80. The van der Waals surface area contributed by atoms with Gasteiger partial charge < -0.3 is 15.2 Å². The molecule has 2 aliphatic rings. The predicted molar refractivity (Wildman–Crippen MR) is 55.1 cm³/mol. The fraction of sp³-hybridized carbons (Fsp3) is 1.00. The number of hydrogen-bond donors (Lipinski definition) is 2. The van der Waals surface area contributed by atoms with Crippen molar-refractivity contribution in [1.29, 1.82) is 0 Å². The van der Waals surface area contributed by atoms with Crippen LogP contribution in [-0.4, -0.2) is 37.5 Å². The van der Waals surface area contributed by atoms with Gasteiger partial charge in [-0.15, -0.1) is 0 Å². The Hall–Kier alpha value is -0.120. The lowest BCUT2D eigenvalue weighted by Crippen LogP contribution is -2.27. The Bertz CT molecular complexity index is 169. The first-order chi connectivity index (χ1) is 6.88. The Morgan fingerprint density at radius 2 is 2.00 bits per heavy atom. The molecule has 0 aliphatic carbocycles. The highest BCUT2D eigenvalue weighted by Gasteiger charge is 2.26. The van der Waals surface area contributed by atoms with Gasteiger partial charge in [0.25, 0.3) is 0 Å². The molecule has 2 unspecified atom stereocenters. The number of nitrogens with one attached hydrogen (secondary N) is 1. The summed E-state index contributed by atoms with van der Waals surface area (Å²) in [6.45, 7) is 3.24. The summed E-state index contributed by atoms with van der Waals surface area (Å²) < 4.78 is 5.35. The first-order valence-electron chi connectivity index (χ1n) is 5.80. The molecule has 2 atom stereocenters. The third kappa shape index (κ3) is 2.69. The van der Waals surface area contributed by atoms with Crippen molar-refractivity contribution in [3.63, 3.8) is 0 Å². The molecule has 0 spiro atoms. The maximum absolute atomic E-state index is 9.03. The number of aliphatic hydroxyl groups excluding tert-OH is 1. The molecule has 2 N–H and O–H groups in total. The Labute approximate surface area is 85.8 Å². The molecular formula is C11H21NO2. The van der Waals surface area contributed by atoms with Crippen molar-refractivity contribution < 1.29 is 9.84 Å². The van der Waals surface area contributed by atoms with Crippen LogP contribution in [0, 0.1) is 11.8 Å². The number of aliphatic hydroxyl groups is 1. The molecule has 2 saturated heterocycles. The van der Waals surface area contributed by atoms with Gasteiger partial charge in [-0.25, -0.2) is 0 Å². The van der Waals surface area contributed by atoms with Gasteiger partial charge in [0.15, 0.2) is 0 Å². The molecule has 0 radical (unpaired) electrons. The minimum Gasteiger partial charge on any atom is -0.396 e. The SMILES string of the molecule is OCC1CNC(CC2CCOCC2)C1. The lowest BCUT2D eigenvalue weighted by molar-refractivity contribution is 0.0610. The summed E-state index contributed by atoms with van der Waals surface area (Å²) in [6, 6.07) is 0.648. The van der Waals surface area contributed by atoms with Crippen LogP contribution in [0.15, 0.2) is 0 Å². The van der Waals surface area contributed by atoms with Crippen LogP contribution >= 0.6 is 0 Å². The van der Waals surface area contributed by atoms with Crippen molar-refractivity contribution in [2.45, 2.75) is 31.7 Å². The van der Waals surface area contributed by atoms with Crippen molar-refractivity contribution in [1.82, 2.24) is 5.32 Å². The quantitative estimate of drug-likeness (QED) is 0.705. The van der Waals surface area contributed by atoms with E-state index in [0.29, 0.717) is 18.6 Å². The second kappa shape index (κ2) is 5.10. The molecule has 3 heteroatoms. The van der Waals surface area contributed by atoms with E-state index in [-0.39, 0.29) is 0 Å². The highest BCUT2D eigenvalue weighted by atomic mass is 16.5. The zero-order valence-corrected chi connectivity index (χ0v) is 8.74. The van der Waals surface area contributed by atoms with Crippen molar-refractivity contribution in [3.05, 3.63) is 0 Å². The highest BCUT2D eigenvalue weighted by molar-refractivity contribution is 4.83. The van der Waals surface area contributed by atoms with E-state index in [1.54, 1.807) is 0 Å². The van der Waals surface area contributed by atoms with Crippen LogP contribution in [0.3, 0.4) is 0 Å². The number of hydrogen-bond acceptors (Lipinski definition) is 3. The van der Waals surface area contributed by atoms with Gasteiger partial charge in [0, 0.05) is 32.4 Å². The largest absolute Gasteiger partial charge is 0.396 e. The molecule has 3 nitrogen and oxygen atoms in total. The van der Waals surface area contributed by atoms with Gasteiger partial charge in [-0.05, 0) is 37.5 Å². The van der Waals surface area contributed by atoms with Crippen LogP contribution in [0.5, 0.6) is 0 Å². The summed E-state index contributed by atoms with van der Waals surface area (Å²) in [5.74, 6) is 1.35. The van der Waals surface area contributed by atoms with E-state index in [1.165, 1.54) is 19.3 Å². The predicted octanol–water partition coefficient (Wildman–Crippen LogP) is 0.773. The summed E-state index contributed by atoms with van der Waals surface area (Å²) in [7, 11) is 0. The van der Waals surface area contributed by atoms with Crippen LogP contribution in [-0.2, 0) is 4.74 Å². The standard InChI is InChI=1S/C11H21NO2/c13-8-10-6-11(12-7-10)5-9-1-3-14-4-2-9/h9-13H,1-8H2. The Kier molecular flexibility index (Phi) is 3.79. The fourth-order valence-electron chi connectivity index (χ4n) is 2.61. The molecule has 2 heterocycles.